The van der Waals surface area contributed by atoms with Crippen LogP contribution in [-0.2, 0) is 0 Å². The van der Waals surface area contributed by atoms with Gasteiger partial charge < -0.3 is 16.0 Å². The normalized spacial score (nSPS) is 13.2. The van der Waals surface area contributed by atoms with Crippen LogP contribution < -0.4 is 21.5 Å². The Hall–Kier alpha value is -3.99. The van der Waals surface area contributed by atoms with E-state index in [4.69, 9.17) is 11.6 Å². The lowest BCUT2D eigenvalue weighted by molar-refractivity contribution is 0.0952. The van der Waals surface area contributed by atoms with E-state index in [0.29, 0.717) is 39.5 Å². The van der Waals surface area contributed by atoms with Gasteiger partial charge in [0.2, 0.25) is 0 Å². The topological polar surface area (TPSA) is 131 Å². The van der Waals surface area contributed by atoms with Crippen LogP contribution in [0.2, 0.25) is 5.02 Å². The third-order valence-electron chi connectivity index (χ3n) is 5.14. The SMILES string of the molecule is CNc1cc(Nc2cc(Cl)cn(-c3ccnc(C)n3)c2=O)nc2c(C(=O)NC3CC3)cnn12. The van der Waals surface area contributed by atoms with Crippen LogP contribution in [0, 0.1) is 6.92 Å². The Balaban J connectivity index is 1.56. The summed E-state index contributed by atoms with van der Waals surface area (Å²) in [5.41, 5.74) is 0.532. The maximum atomic E-state index is 13.2. The maximum absolute atomic E-state index is 13.2. The van der Waals surface area contributed by atoms with Crippen molar-refractivity contribution < 1.29 is 4.79 Å². The minimum absolute atomic E-state index is 0.196. The molecule has 33 heavy (non-hydrogen) atoms. The molecule has 0 aliphatic heterocycles. The molecule has 0 aromatic carbocycles. The molecule has 168 valence electrons. The number of hydrogen-bond acceptors (Lipinski definition) is 8. The van der Waals surface area contributed by atoms with Gasteiger partial charge in [-0.1, -0.05) is 11.6 Å². The Kier molecular flexibility index (Phi) is 5.17. The van der Waals surface area contributed by atoms with Gasteiger partial charge in [0.15, 0.2) is 5.65 Å². The zero-order chi connectivity index (χ0) is 23.1. The average molecular weight is 466 g/mol. The van der Waals surface area contributed by atoms with Gasteiger partial charge >= 0.3 is 0 Å². The smallest absolute Gasteiger partial charge is 0.280 e. The minimum Gasteiger partial charge on any atom is -0.373 e. The zero-order valence-electron chi connectivity index (χ0n) is 17.8. The van der Waals surface area contributed by atoms with Crippen molar-refractivity contribution in [3.05, 3.63) is 63.6 Å². The van der Waals surface area contributed by atoms with E-state index in [2.05, 4.69) is 36.0 Å². The van der Waals surface area contributed by atoms with Crippen molar-refractivity contribution in [1.29, 1.82) is 0 Å². The van der Waals surface area contributed by atoms with Crippen molar-refractivity contribution in [3.63, 3.8) is 0 Å². The summed E-state index contributed by atoms with van der Waals surface area (Å²) in [7, 11) is 1.73. The predicted octanol–water partition coefficient (Wildman–Crippen LogP) is 2.31. The van der Waals surface area contributed by atoms with Crippen molar-refractivity contribution >= 4 is 40.5 Å². The summed E-state index contributed by atoms with van der Waals surface area (Å²) < 4.78 is 2.87. The fraction of sp³-hybridized carbons (Fsp3) is 0.238. The first-order valence-electron chi connectivity index (χ1n) is 10.3. The molecule has 5 rings (SSSR count). The number of aryl methyl sites for hydroxylation is 1. The number of hydrogen-bond donors (Lipinski definition) is 3. The van der Waals surface area contributed by atoms with Crippen molar-refractivity contribution in [3.8, 4) is 5.82 Å². The van der Waals surface area contributed by atoms with Gasteiger partial charge in [-0.25, -0.2) is 15.0 Å². The maximum Gasteiger partial charge on any atom is 0.280 e. The molecule has 0 atom stereocenters. The van der Waals surface area contributed by atoms with Gasteiger partial charge in [0.25, 0.3) is 11.5 Å². The molecule has 1 aliphatic rings. The molecule has 4 aromatic rings. The Bertz CT molecular complexity index is 1440. The minimum atomic E-state index is -0.370. The van der Waals surface area contributed by atoms with Crippen LogP contribution in [0.5, 0.6) is 0 Å². The van der Waals surface area contributed by atoms with Gasteiger partial charge in [-0.3, -0.25) is 14.2 Å². The van der Waals surface area contributed by atoms with Crippen LogP contribution >= 0.6 is 11.6 Å². The van der Waals surface area contributed by atoms with Crippen LogP contribution in [0.3, 0.4) is 0 Å². The number of amides is 1. The monoisotopic (exact) mass is 465 g/mol. The quantitative estimate of drug-likeness (QED) is 0.395. The second-order valence-electron chi connectivity index (χ2n) is 7.65. The second-order valence-corrected chi connectivity index (χ2v) is 8.09. The van der Waals surface area contributed by atoms with Crippen molar-refractivity contribution in [1.82, 2.24) is 34.4 Å². The zero-order valence-corrected chi connectivity index (χ0v) is 18.6. The highest BCUT2D eigenvalue weighted by molar-refractivity contribution is 6.30. The number of nitrogens with one attached hydrogen (secondary N) is 3. The average Bonchev–Trinajstić information content (AvgIpc) is 3.50. The molecule has 1 amide bonds. The van der Waals surface area contributed by atoms with E-state index in [1.54, 1.807) is 32.3 Å². The lowest BCUT2D eigenvalue weighted by Gasteiger charge is -2.12. The molecule has 1 aliphatic carbocycles. The van der Waals surface area contributed by atoms with Gasteiger partial charge in [0.05, 0.1) is 11.2 Å². The largest absolute Gasteiger partial charge is 0.373 e. The number of aromatic nitrogens is 6. The first kappa shape index (κ1) is 20.9. The molecule has 1 saturated carbocycles. The van der Waals surface area contributed by atoms with E-state index < -0.39 is 0 Å². The van der Waals surface area contributed by atoms with Crippen LogP contribution in [0.1, 0.15) is 29.0 Å². The molecule has 3 N–H and O–H groups in total. The summed E-state index contributed by atoms with van der Waals surface area (Å²) in [5.74, 6) is 1.62. The molecular weight excluding hydrogens is 446 g/mol. The Morgan fingerprint density at radius 3 is 2.79 bits per heavy atom. The lowest BCUT2D eigenvalue weighted by Crippen LogP contribution is -2.25. The third-order valence-corrected chi connectivity index (χ3v) is 5.35. The summed E-state index contributed by atoms with van der Waals surface area (Å²) >= 11 is 6.29. The molecule has 1 fully saturated rings. The van der Waals surface area contributed by atoms with Crippen LogP contribution in [0.15, 0.2) is 41.6 Å². The van der Waals surface area contributed by atoms with E-state index in [0.717, 1.165) is 12.8 Å². The van der Waals surface area contributed by atoms with Crippen LogP contribution in [0.4, 0.5) is 17.3 Å². The highest BCUT2D eigenvalue weighted by atomic mass is 35.5. The Morgan fingerprint density at radius 2 is 2.06 bits per heavy atom. The molecule has 0 unspecified atom stereocenters. The van der Waals surface area contributed by atoms with E-state index >= 15 is 0 Å². The summed E-state index contributed by atoms with van der Waals surface area (Å²) in [6.07, 6.45) is 6.48. The second kappa shape index (κ2) is 8.17. The molecule has 11 nitrogen and oxygen atoms in total. The molecule has 0 radical (unpaired) electrons. The number of anilines is 3. The number of nitrogens with zero attached hydrogens (tertiary/aromatic N) is 6. The summed E-state index contributed by atoms with van der Waals surface area (Å²) in [6, 6.07) is 5.01. The number of carbonyl (C=O) groups is 1. The van der Waals surface area contributed by atoms with Crippen molar-refractivity contribution in [2.45, 2.75) is 25.8 Å². The first-order valence-corrected chi connectivity index (χ1v) is 10.7. The standard InChI is InChI=1S/C21H20ClN9O2/c1-11-24-6-5-17(26-11)30-10-12(22)7-15(21(30)33)28-16-8-18(23-2)31-19(29-16)14(9-25-31)20(32)27-13-3-4-13/h5-10,13,23H,3-4H2,1-2H3,(H,27,32)(H,28,29). The molecule has 0 spiro atoms. The summed E-state index contributed by atoms with van der Waals surface area (Å²) in [5, 5.41) is 13.6. The highest BCUT2D eigenvalue weighted by Crippen LogP contribution is 2.24. The molecule has 0 bridgehead atoms. The lowest BCUT2D eigenvalue weighted by atomic mass is 10.3. The molecule has 4 heterocycles. The number of carbonyl (C=O) groups excluding carboxylic acids is 1. The van der Waals surface area contributed by atoms with Crippen LogP contribution in [-0.4, -0.2) is 48.1 Å². The van der Waals surface area contributed by atoms with E-state index in [1.807, 2.05) is 0 Å². The number of fused-ring (bicyclic) bond motifs is 1. The van der Waals surface area contributed by atoms with Crippen molar-refractivity contribution in [2.24, 2.45) is 0 Å². The fourth-order valence-electron chi connectivity index (χ4n) is 3.38. The molecule has 4 aromatic heterocycles. The molecule has 12 heteroatoms. The van der Waals surface area contributed by atoms with Crippen LogP contribution in [0.25, 0.3) is 11.5 Å². The van der Waals surface area contributed by atoms with Gasteiger partial charge in [0, 0.05) is 31.5 Å². The number of halogens is 1. The van der Waals surface area contributed by atoms with E-state index in [1.165, 1.54) is 27.5 Å². The Labute approximate surface area is 192 Å². The first-order chi connectivity index (χ1) is 15.9. The Morgan fingerprint density at radius 1 is 1.24 bits per heavy atom. The number of rotatable bonds is 6. The van der Waals surface area contributed by atoms with Gasteiger partial charge in [0.1, 0.15) is 34.5 Å². The predicted molar refractivity (Wildman–Crippen MR) is 124 cm³/mol. The molecular formula is C21H20ClN9O2. The third kappa shape index (κ3) is 4.10. The van der Waals surface area contributed by atoms with Gasteiger partial charge in [-0.2, -0.15) is 9.61 Å². The number of pyridine rings is 1. The fourth-order valence-corrected chi connectivity index (χ4v) is 3.59. The highest BCUT2D eigenvalue weighted by Gasteiger charge is 2.26. The van der Waals surface area contributed by atoms with E-state index in [9.17, 15) is 9.59 Å². The molecule has 0 saturated heterocycles. The van der Waals surface area contributed by atoms with Crippen molar-refractivity contribution in [2.75, 3.05) is 17.7 Å². The summed E-state index contributed by atoms with van der Waals surface area (Å²) in [4.78, 5) is 38.7. The summed E-state index contributed by atoms with van der Waals surface area (Å²) in [6.45, 7) is 1.74. The van der Waals surface area contributed by atoms with E-state index in [-0.39, 0.29) is 23.2 Å². The van der Waals surface area contributed by atoms with Gasteiger partial charge in [-0.05, 0) is 31.9 Å². The van der Waals surface area contributed by atoms with Gasteiger partial charge in [-0.15, -0.1) is 0 Å².